The van der Waals surface area contributed by atoms with Gasteiger partial charge in [-0.05, 0) is 12.1 Å². The molecule has 0 radical (unpaired) electrons. The van der Waals surface area contributed by atoms with Crippen LogP contribution in [0.1, 0.15) is 21.0 Å². The van der Waals surface area contributed by atoms with Crippen LogP contribution in [0.5, 0.6) is 0 Å². The Balaban J connectivity index is 2.06. The smallest absolute Gasteiger partial charge is 0.269 e. The van der Waals surface area contributed by atoms with Gasteiger partial charge in [-0.25, -0.2) is 9.97 Å². The zero-order valence-electron chi connectivity index (χ0n) is 14.2. The molecule has 0 saturated heterocycles. The molecule has 0 fully saturated rings. The van der Waals surface area contributed by atoms with Crippen molar-refractivity contribution >= 4 is 33.6 Å². The van der Waals surface area contributed by atoms with E-state index in [1.165, 1.54) is 0 Å². The van der Waals surface area contributed by atoms with Crippen molar-refractivity contribution in [2.24, 2.45) is 11.5 Å². The predicted octanol–water partition coefficient (Wildman–Crippen LogP) is 0.160. The number of nitrogens with zero attached hydrogens (tertiary/aromatic N) is 2. The van der Waals surface area contributed by atoms with Crippen LogP contribution in [0.2, 0.25) is 0 Å². The van der Waals surface area contributed by atoms with Gasteiger partial charge in [0.2, 0.25) is 0 Å². The number of nitrogens with one attached hydrogen (secondary N) is 2. The number of rotatable bonds is 6. The van der Waals surface area contributed by atoms with E-state index in [1.807, 2.05) is 24.3 Å². The molecule has 8 nitrogen and oxygen atoms in total. The number of benzene rings is 1. The molecule has 3 rings (SSSR count). The minimum absolute atomic E-state index is 0.276. The summed E-state index contributed by atoms with van der Waals surface area (Å²) in [6.07, 6.45) is 0. The summed E-state index contributed by atoms with van der Waals surface area (Å²) >= 11 is 0. The van der Waals surface area contributed by atoms with Gasteiger partial charge in [-0.3, -0.25) is 9.59 Å². The van der Waals surface area contributed by atoms with E-state index < -0.39 is 0 Å². The zero-order valence-corrected chi connectivity index (χ0v) is 14.2. The highest BCUT2D eigenvalue weighted by Gasteiger charge is 2.12. The van der Waals surface area contributed by atoms with E-state index in [4.69, 9.17) is 11.5 Å². The Kier molecular flexibility index (Phi) is 5.35. The molecule has 1 aromatic carbocycles. The van der Waals surface area contributed by atoms with Crippen LogP contribution in [0.4, 0.5) is 0 Å². The van der Waals surface area contributed by atoms with Gasteiger partial charge in [0.25, 0.3) is 11.8 Å². The summed E-state index contributed by atoms with van der Waals surface area (Å²) in [7, 11) is 0. The van der Waals surface area contributed by atoms with Gasteiger partial charge >= 0.3 is 0 Å². The van der Waals surface area contributed by atoms with Crippen molar-refractivity contribution in [2.75, 3.05) is 26.2 Å². The van der Waals surface area contributed by atoms with E-state index in [1.54, 1.807) is 12.1 Å². The molecule has 0 saturated carbocycles. The first-order valence-corrected chi connectivity index (χ1v) is 8.31. The fourth-order valence-electron chi connectivity index (χ4n) is 2.57. The minimum atomic E-state index is -0.300. The summed E-state index contributed by atoms with van der Waals surface area (Å²) in [6.45, 7) is 1.45. The molecule has 0 spiro atoms. The highest BCUT2D eigenvalue weighted by Crippen LogP contribution is 2.23. The van der Waals surface area contributed by atoms with Crippen molar-refractivity contribution in [3.63, 3.8) is 0 Å². The summed E-state index contributed by atoms with van der Waals surface area (Å²) in [5.74, 6) is -0.600. The van der Waals surface area contributed by atoms with Gasteiger partial charge in [-0.2, -0.15) is 0 Å². The van der Waals surface area contributed by atoms with E-state index >= 15 is 0 Å². The monoisotopic (exact) mass is 352 g/mol. The zero-order chi connectivity index (χ0) is 18.5. The predicted molar refractivity (Wildman–Crippen MR) is 99.8 cm³/mol. The first-order chi connectivity index (χ1) is 12.6. The Bertz CT molecular complexity index is 894. The lowest BCUT2D eigenvalue weighted by Gasteiger charge is -2.08. The van der Waals surface area contributed by atoms with Crippen molar-refractivity contribution in [3.05, 3.63) is 47.8 Å². The molecule has 0 aliphatic carbocycles. The summed E-state index contributed by atoms with van der Waals surface area (Å²) in [6, 6.07) is 10.7. The topological polar surface area (TPSA) is 136 Å². The highest BCUT2D eigenvalue weighted by molar-refractivity contribution is 6.06. The largest absolute Gasteiger partial charge is 0.349 e. The van der Waals surface area contributed by atoms with E-state index in [-0.39, 0.29) is 23.2 Å². The second-order valence-corrected chi connectivity index (χ2v) is 5.69. The van der Waals surface area contributed by atoms with Gasteiger partial charge in [-0.15, -0.1) is 0 Å². The summed E-state index contributed by atoms with van der Waals surface area (Å²) < 4.78 is 0. The number of amides is 2. The molecule has 2 amide bonds. The van der Waals surface area contributed by atoms with Crippen molar-refractivity contribution in [1.29, 1.82) is 0 Å². The molecule has 6 N–H and O–H groups in total. The summed E-state index contributed by atoms with van der Waals surface area (Å²) in [4.78, 5) is 33.2. The number of carbonyl (C=O) groups is 2. The first kappa shape index (κ1) is 17.7. The molecule has 0 bridgehead atoms. The molecule has 2 heterocycles. The number of pyridine rings is 2. The van der Waals surface area contributed by atoms with Gasteiger partial charge in [0.1, 0.15) is 11.4 Å². The average Bonchev–Trinajstić information content (AvgIpc) is 2.69. The molecule has 134 valence electrons. The van der Waals surface area contributed by atoms with E-state index in [2.05, 4.69) is 20.6 Å². The van der Waals surface area contributed by atoms with Crippen LogP contribution in [0.25, 0.3) is 21.8 Å². The van der Waals surface area contributed by atoms with Crippen molar-refractivity contribution in [1.82, 2.24) is 20.6 Å². The van der Waals surface area contributed by atoms with E-state index in [9.17, 15) is 9.59 Å². The number of hydrogen-bond donors (Lipinski definition) is 4. The van der Waals surface area contributed by atoms with E-state index in [0.717, 1.165) is 10.8 Å². The molecular formula is C18H20N6O2. The molecular weight excluding hydrogens is 332 g/mol. The van der Waals surface area contributed by atoms with Crippen LogP contribution in [-0.4, -0.2) is 48.0 Å². The molecule has 2 aromatic heterocycles. The number of fused-ring (bicyclic) bond motifs is 3. The van der Waals surface area contributed by atoms with Gasteiger partial charge in [-0.1, -0.05) is 24.3 Å². The molecule has 8 heteroatoms. The van der Waals surface area contributed by atoms with Crippen LogP contribution < -0.4 is 22.1 Å². The van der Waals surface area contributed by atoms with Crippen LogP contribution in [0.15, 0.2) is 36.4 Å². The fourth-order valence-corrected chi connectivity index (χ4v) is 2.57. The summed E-state index contributed by atoms with van der Waals surface area (Å²) in [5, 5.41) is 7.05. The molecule has 0 aliphatic heterocycles. The van der Waals surface area contributed by atoms with Crippen molar-refractivity contribution < 1.29 is 9.59 Å². The normalized spacial score (nSPS) is 10.8. The molecule has 3 aromatic rings. The van der Waals surface area contributed by atoms with Crippen molar-refractivity contribution in [2.45, 2.75) is 0 Å². The Morgan fingerprint density at radius 1 is 0.731 bits per heavy atom. The van der Waals surface area contributed by atoms with Crippen LogP contribution in [0, 0.1) is 0 Å². The lowest BCUT2D eigenvalue weighted by atomic mass is 10.1. The highest BCUT2D eigenvalue weighted by atomic mass is 16.2. The Hall–Kier alpha value is -3.10. The number of hydrogen-bond acceptors (Lipinski definition) is 6. The third-order valence-corrected chi connectivity index (χ3v) is 3.84. The minimum Gasteiger partial charge on any atom is -0.349 e. The second kappa shape index (κ2) is 7.85. The third kappa shape index (κ3) is 3.61. The van der Waals surface area contributed by atoms with Crippen molar-refractivity contribution in [3.8, 4) is 0 Å². The summed E-state index contributed by atoms with van der Waals surface area (Å²) in [5.41, 5.74) is 12.5. The lowest BCUT2D eigenvalue weighted by molar-refractivity contribution is 0.0942. The number of aromatic nitrogens is 2. The molecule has 0 atom stereocenters. The number of nitrogens with two attached hydrogens (primary N) is 2. The third-order valence-electron chi connectivity index (χ3n) is 3.84. The Morgan fingerprint density at radius 3 is 1.50 bits per heavy atom. The van der Waals surface area contributed by atoms with Gasteiger partial charge in [0.05, 0.1) is 11.0 Å². The maximum Gasteiger partial charge on any atom is 0.269 e. The average molecular weight is 352 g/mol. The maximum absolute atomic E-state index is 12.2. The quantitative estimate of drug-likeness (QED) is 0.467. The first-order valence-electron chi connectivity index (χ1n) is 8.31. The van der Waals surface area contributed by atoms with Gasteiger partial charge < -0.3 is 22.1 Å². The molecule has 0 unspecified atom stereocenters. The van der Waals surface area contributed by atoms with Crippen LogP contribution in [-0.2, 0) is 0 Å². The molecule has 26 heavy (non-hydrogen) atoms. The van der Waals surface area contributed by atoms with Crippen LogP contribution >= 0.6 is 0 Å². The second-order valence-electron chi connectivity index (χ2n) is 5.69. The van der Waals surface area contributed by atoms with Crippen LogP contribution in [0.3, 0.4) is 0 Å². The van der Waals surface area contributed by atoms with E-state index in [0.29, 0.717) is 37.2 Å². The standard InChI is InChI=1S/C18H20N6O2/c19-7-9-21-17(25)13-5-3-11-1-2-12-4-6-14(18(26)22-10-8-20)24-16(12)15(11)23-13/h1-6H,7-10,19-20H2,(H,21,25)(H,22,26). The fraction of sp³-hybridized carbons (Fsp3) is 0.222. The Morgan fingerprint density at radius 2 is 1.12 bits per heavy atom. The SMILES string of the molecule is NCCNC(=O)c1ccc2ccc3ccc(C(=O)NCCN)nc3c2n1. The maximum atomic E-state index is 12.2. The van der Waals surface area contributed by atoms with Gasteiger partial charge in [0.15, 0.2) is 0 Å². The molecule has 0 aliphatic rings. The van der Waals surface area contributed by atoms with Gasteiger partial charge in [0, 0.05) is 37.0 Å². The lowest BCUT2D eigenvalue weighted by Crippen LogP contribution is -2.29. The Labute approximate surface area is 150 Å². The number of carbonyl (C=O) groups excluding carboxylic acids is 2.